The van der Waals surface area contributed by atoms with Gasteiger partial charge >= 0.3 is 0 Å². The zero-order valence-corrected chi connectivity index (χ0v) is 23.8. The van der Waals surface area contributed by atoms with Gasteiger partial charge in [0.2, 0.25) is 0 Å². The molecule has 1 aliphatic heterocycles. The number of unbranched alkanes of at least 4 members (excludes halogenated alkanes) is 1. The summed E-state index contributed by atoms with van der Waals surface area (Å²) < 4.78 is 0. The van der Waals surface area contributed by atoms with Gasteiger partial charge in [0, 0.05) is 16.3 Å². The minimum absolute atomic E-state index is 0.210. The summed E-state index contributed by atoms with van der Waals surface area (Å²) in [6.07, 6.45) is 15.1. The van der Waals surface area contributed by atoms with E-state index in [0.29, 0.717) is 11.8 Å². The Balaban J connectivity index is 1.88. The number of hydrogen-bond acceptors (Lipinski definition) is 3. The van der Waals surface area contributed by atoms with Crippen LogP contribution >= 0.6 is 22.7 Å². The zero-order chi connectivity index (χ0) is 23.6. The molecule has 3 heteroatoms. The number of thiophene rings is 2. The van der Waals surface area contributed by atoms with E-state index in [0.717, 1.165) is 5.92 Å². The lowest BCUT2D eigenvalue weighted by atomic mass is 9.74. The van der Waals surface area contributed by atoms with Crippen LogP contribution in [-0.2, 0) is 5.54 Å². The summed E-state index contributed by atoms with van der Waals surface area (Å²) in [6, 6.07) is 5.26. The molecule has 4 rings (SSSR count). The predicted molar refractivity (Wildman–Crippen MR) is 150 cm³/mol. The molecule has 0 amide bonds. The van der Waals surface area contributed by atoms with Crippen LogP contribution in [0.2, 0.25) is 0 Å². The molecular weight excluding hydrogens is 438 g/mol. The molecule has 184 valence electrons. The van der Waals surface area contributed by atoms with Gasteiger partial charge in [0.25, 0.3) is 0 Å². The zero-order valence-electron chi connectivity index (χ0n) is 22.1. The van der Waals surface area contributed by atoms with Crippen molar-refractivity contribution < 1.29 is 0 Å². The first kappa shape index (κ1) is 25.3. The number of hydrogen-bond donors (Lipinski definition) is 0. The van der Waals surface area contributed by atoms with E-state index in [-0.39, 0.29) is 5.54 Å². The lowest BCUT2D eigenvalue weighted by Crippen LogP contribution is -2.50. The van der Waals surface area contributed by atoms with Crippen molar-refractivity contribution in [1.29, 1.82) is 0 Å². The van der Waals surface area contributed by atoms with Gasteiger partial charge in [-0.05, 0) is 54.7 Å². The van der Waals surface area contributed by atoms with E-state index in [9.17, 15) is 0 Å². The van der Waals surface area contributed by atoms with Gasteiger partial charge in [-0.2, -0.15) is 0 Å². The summed E-state index contributed by atoms with van der Waals surface area (Å²) in [7, 11) is 0. The molecule has 1 atom stereocenters. The molecule has 2 aromatic heterocycles. The molecule has 1 unspecified atom stereocenters. The fourth-order valence-corrected chi connectivity index (χ4v) is 8.68. The topological polar surface area (TPSA) is 3.24 Å². The Morgan fingerprint density at radius 3 is 2.06 bits per heavy atom. The van der Waals surface area contributed by atoms with Crippen LogP contribution in [-0.4, -0.2) is 6.54 Å². The maximum Gasteiger partial charge on any atom is 0.0683 e. The molecular formula is C30H47NS2. The molecule has 0 radical (unpaired) electrons. The van der Waals surface area contributed by atoms with E-state index in [1.807, 2.05) is 0 Å². The van der Waals surface area contributed by atoms with Crippen molar-refractivity contribution in [3.05, 3.63) is 27.5 Å². The number of anilines is 1. The monoisotopic (exact) mass is 485 g/mol. The first-order valence-corrected chi connectivity index (χ1v) is 15.6. The van der Waals surface area contributed by atoms with Crippen LogP contribution in [0, 0.1) is 5.92 Å². The first-order valence-electron chi connectivity index (χ1n) is 14.0. The van der Waals surface area contributed by atoms with Crippen LogP contribution < -0.4 is 4.90 Å². The van der Waals surface area contributed by atoms with Crippen molar-refractivity contribution in [2.45, 2.75) is 130 Å². The highest BCUT2D eigenvalue weighted by Crippen LogP contribution is 2.59. The van der Waals surface area contributed by atoms with Crippen LogP contribution in [0.25, 0.3) is 9.75 Å². The van der Waals surface area contributed by atoms with Crippen LogP contribution in [0.15, 0.2) is 12.1 Å². The molecule has 0 aromatic carbocycles. The first-order chi connectivity index (χ1) is 15.9. The third kappa shape index (κ3) is 4.96. The molecule has 0 N–H and O–H groups in total. The molecule has 1 spiro atoms. The summed E-state index contributed by atoms with van der Waals surface area (Å²) in [5.74, 6) is 2.01. The SMILES string of the molecule is CCCCC(CC)CN1c2cc(C(C)C)sc2-c2sc(C(C)C)cc2C12CCCCCCC2. The number of rotatable bonds is 8. The van der Waals surface area contributed by atoms with Crippen molar-refractivity contribution in [2.75, 3.05) is 11.4 Å². The van der Waals surface area contributed by atoms with Crippen molar-refractivity contribution in [3.8, 4) is 9.75 Å². The molecule has 1 saturated carbocycles. The van der Waals surface area contributed by atoms with Crippen LogP contribution in [0.3, 0.4) is 0 Å². The Hall–Kier alpha value is -0.800. The van der Waals surface area contributed by atoms with Crippen molar-refractivity contribution in [3.63, 3.8) is 0 Å². The second-order valence-electron chi connectivity index (χ2n) is 11.4. The largest absolute Gasteiger partial charge is 0.360 e. The maximum atomic E-state index is 2.99. The van der Waals surface area contributed by atoms with Crippen LogP contribution in [0.1, 0.15) is 139 Å². The Bertz CT molecular complexity index is 895. The van der Waals surface area contributed by atoms with Gasteiger partial charge in [0.05, 0.1) is 21.0 Å². The smallest absolute Gasteiger partial charge is 0.0683 e. The lowest BCUT2D eigenvalue weighted by molar-refractivity contribution is 0.278. The summed E-state index contributed by atoms with van der Waals surface area (Å²) in [6.45, 7) is 15.5. The van der Waals surface area contributed by atoms with Gasteiger partial charge < -0.3 is 4.90 Å². The second kappa shape index (κ2) is 10.9. The molecule has 2 aliphatic rings. The average Bonchev–Trinajstić information content (AvgIpc) is 3.40. The Labute approximate surface area is 212 Å². The maximum absolute atomic E-state index is 2.99. The fourth-order valence-electron chi connectivity index (χ4n) is 6.11. The van der Waals surface area contributed by atoms with Gasteiger partial charge in [-0.15, -0.1) is 22.7 Å². The molecule has 1 nitrogen and oxygen atoms in total. The van der Waals surface area contributed by atoms with E-state index >= 15 is 0 Å². The lowest BCUT2D eigenvalue weighted by Gasteiger charge is -2.51. The Kier molecular flexibility index (Phi) is 8.32. The van der Waals surface area contributed by atoms with Gasteiger partial charge in [0.15, 0.2) is 0 Å². The van der Waals surface area contributed by atoms with E-state index < -0.39 is 0 Å². The van der Waals surface area contributed by atoms with Crippen molar-refractivity contribution in [1.82, 2.24) is 0 Å². The minimum Gasteiger partial charge on any atom is -0.360 e. The van der Waals surface area contributed by atoms with Crippen molar-refractivity contribution >= 4 is 28.4 Å². The van der Waals surface area contributed by atoms with E-state index in [4.69, 9.17) is 0 Å². The third-order valence-electron chi connectivity index (χ3n) is 8.30. The second-order valence-corrected chi connectivity index (χ2v) is 13.6. The normalized spacial score (nSPS) is 19.0. The van der Waals surface area contributed by atoms with Crippen LogP contribution in [0.4, 0.5) is 5.69 Å². The molecule has 0 saturated heterocycles. The summed E-state index contributed by atoms with van der Waals surface area (Å²) in [4.78, 5) is 9.36. The standard InChI is InChI=1S/C30H47NS2/c1-7-9-15-23(8-2)20-31-25-19-27(22(5)6)33-29(25)28-24(18-26(32-28)21(3)4)30(31)16-13-11-10-12-14-17-30/h18-19,21-23H,7-17,20H2,1-6H3. The van der Waals surface area contributed by atoms with Gasteiger partial charge in [0.1, 0.15) is 0 Å². The van der Waals surface area contributed by atoms with Gasteiger partial charge in [-0.1, -0.05) is 92.9 Å². The quantitative estimate of drug-likeness (QED) is 0.359. The van der Waals surface area contributed by atoms with E-state index in [1.54, 1.807) is 30.8 Å². The van der Waals surface area contributed by atoms with Gasteiger partial charge in [-0.25, -0.2) is 0 Å². The molecule has 2 aromatic rings. The van der Waals surface area contributed by atoms with Crippen LogP contribution in [0.5, 0.6) is 0 Å². The molecule has 0 bridgehead atoms. The van der Waals surface area contributed by atoms with Gasteiger partial charge in [-0.3, -0.25) is 0 Å². The highest BCUT2D eigenvalue weighted by atomic mass is 32.1. The third-order valence-corrected chi connectivity index (χ3v) is 11.3. The van der Waals surface area contributed by atoms with Crippen molar-refractivity contribution in [2.24, 2.45) is 5.92 Å². The summed E-state index contributed by atoms with van der Waals surface area (Å²) in [5.41, 5.74) is 3.50. The fraction of sp³-hybridized carbons (Fsp3) is 0.733. The average molecular weight is 486 g/mol. The Morgan fingerprint density at radius 1 is 0.848 bits per heavy atom. The van der Waals surface area contributed by atoms with E-state index in [1.165, 1.54) is 77.2 Å². The predicted octanol–water partition coefficient (Wildman–Crippen LogP) is 10.7. The Morgan fingerprint density at radius 2 is 1.45 bits per heavy atom. The molecule has 33 heavy (non-hydrogen) atoms. The highest BCUT2D eigenvalue weighted by molar-refractivity contribution is 7.23. The molecule has 1 fully saturated rings. The van der Waals surface area contributed by atoms with E-state index in [2.05, 4.69) is 81.2 Å². The summed E-state index contributed by atoms with van der Waals surface area (Å²) in [5, 5.41) is 0. The number of nitrogens with zero attached hydrogens (tertiary/aromatic N) is 1. The minimum atomic E-state index is 0.210. The molecule has 3 heterocycles. The number of fused-ring (bicyclic) bond motifs is 4. The summed E-state index contributed by atoms with van der Waals surface area (Å²) >= 11 is 4.21. The highest BCUT2D eigenvalue weighted by Gasteiger charge is 2.46. The molecule has 1 aliphatic carbocycles.